The Morgan fingerprint density at radius 1 is 1.53 bits per heavy atom. The molecule has 1 fully saturated rings. The minimum absolute atomic E-state index is 0.271. The second-order valence-corrected chi connectivity index (χ2v) is 5.59. The molecule has 1 aliphatic heterocycles. The van der Waals surface area contributed by atoms with Crippen molar-refractivity contribution in [2.75, 3.05) is 33.2 Å². The Morgan fingerprint density at radius 3 is 2.95 bits per heavy atom. The largest absolute Gasteiger partial charge is 0.316 e. The third kappa shape index (κ3) is 3.80. The van der Waals surface area contributed by atoms with Crippen molar-refractivity contribution in [1.29, 1.82) is 0 Å². The third-order valence-electron chi connectivity index (χ3n) is 4.27. The van der Waals surface area contributed by atoms with Crippen LogP contribution in [0.4, 0.5) is 0 Å². The van der Waals surface area contributed by atoms with E-state index in [4.69, 9.17) is 0 Å². The molecule has 4 heteroatoms. The van der Waals surface area contributed by atoms with E-state index in [9.17, 15) is 4.79 Å². The normalized spacial score (nSPS) is 24.3. The van der Waals surface area contributed by atoms with Gasteiger partial charge in [-0.25, -0.2) is 0 Å². The van der Waals surface area contributed by atoms with Crippen LogP contribution in [0.15, 0.2) is 11.8 Å². The highest BCUT2D eigenvalue weighted by atomic mass is 16.2. The maximum absolute atomic E-state index is 12.4. The topological polar surface area (TPSA) is 35.6 Å². The van der Waals surface area contributed by atoms with Gasteiger partial charge in [0.1, 0.15) is 0 Å². The van der Waals surface area contributed by atoms with Gasteiger partial charge < -0.3 is 10.2 Å². The fourth-order valence-corrected chi connectivity index (χ4v) is 3.09. The molecule has 0 aromatic carbocycles. The zero-order valence-corrected chi connectivity index (χ0v) is 12.3. The monoisotopic (exact) mass is 265 g/mol. The summed E-state index contributed by atoms with van der Waals surface area (Å²) in [6.45, 7) is 5.48. The van der Waals surface area contributed by atoms with Crippen LogP contribution in [0.2, 0.25) is 0 Å². The molecular formula is C15H27N3O. The summed E-state index contributed by atoms with van der Waals surface area (Å²) >= 11 is 0. The van der Waals surface area contributed by atoms with Gasteiger partial charge in [0, 0.05) is 31.4 Å². The zero-order chi connectivity index (χ0) is 13.7. The van der Waals surface area contributed by atoms with Gasteiger partial charge in [0.15, 0.2) is 0 Å². The van der Waals surface area contributed by atoms with Crippen molar-refractivity contribution in [2.24, 2.45) is 0 Å². The number of likely N-dealkylation sites (tertiary alicyclic amines) is 1. The fraction of sp³-hybridized carbons (Fsp3) is 0.800. The van der Waals surface area contributed by atoms with E-state index in [0.29, 0.717) is 12.6 Å². The fourth-order valence-electron chi connectivity index (χ4n) is 3.09. The second kappa shape index (κ2) is 7.06. The van der Waals surface area contributed by atoms with Crippen LogP contribution in [-0.2, 0) is 4.79 Å². The first-order valence-corrected chi connectivity index (χ1v) is 7.63. The number of allylic oxidation sites excluding steroid dienone is 2. The molecule has 2 rings (SSSR count). The summed E-state index contributed by atoms with van der Waals surface area (Å²) in [5, 5.41) is 3.30. The highest BCUT2D eigenvalue weighted by molar-refractivity contribution is 5.80. The summed E-state index contributed by atoms with van der Waals surface area (Å²) in [4.78, 5) is 16.7. The van der Waals surface area contributed by atoms with Crippen LogP contribution >= 0.6 is 0 Å². The number of hydrogen-bond donors (Lipinski definition) is 1. The van der Waals surface area contributed by atoms with Gasteiger partial charge in [-0.1, -0.05) is 6.08 Å². The molecule has 1 unspecified atom stereocenters. The molecule has 1 saturated heterocycles. The first-order chi connectivity index (χ1) is 9.24. The van der Waals surface area contributed by atoms with Crippen molar-refractivity contribution in [2.45, 2.75) is 45.1 Å². The van der Waals surface area contributed by atoms with E-state index in [1.54, 1.807) is 0 Å². The molecule has 0 spiro atoms. The van der Waals surface area contributed by atoms with Crippen LogP contribution in [-0.4, -0.2) is 55.0 Å². The summed E-state index contributed by atoms with van der Waals surface area (Å²) in [6.07, 6.45) is 8.10. The van der Waals surface area contributed by atoms with Gasteiger partial charge in [-0.15, -0.1) is 0 Å². The lowest BCUT2D eigenvalue weighted by Crippen LogP contribution is -2.40. The Kier molecular flexibility index (Phi) is 5.40. The SMILES string of the molecule is CCN(C(=O)CN1CCC(NC)C1)C1=CCCCC1. The van der Waals surface area contributed by atoms with Gasteiger partial charge in [-0.2, -0.15) is 0 Å². The quantitative estimate of drug-likeness (QED) is 0.820. The molecule has 1 N–H and O–H groups in total. The Hall–Kier alpha value is -0.870. The maximum Gasteiger partial charge on any atom is 0.240 e. The standard InChI is InChI=1S/C15H27N3O/c1-3-18(14-7-5-4-6-8-14)15(19)12-17-10-9-13(11-17)16-2/h7,13,16H,3-6,8-12H2,1-2H3. The predicted molar refractivity (Wildman–Crippen MR) is 77.8 cm³/mol. The lowest BCUT2D eigenvalue weighted by atomic mass is 10.0. The van der Waals surface area contributed by atoms with E-state index < -0.39 is 0 Å². The van der Waals surface area contributed by atoms with Crippen molar-refractivity contribution < 1.29 is 4.79 Å². The van der Waals surface area contributed by atoms with Gasteiger partial charge in [-0.3, -0.25) is 9.69 Å². The minimum Gasteiger partial charge on any atom is -0.316 e. The van der Waals surface area contributed by atoms with Crippen LogP contribution in [0.1, 0.15) is 39.0 Å². The molecule has 1 amide bonds. The van der Waals surface area contributed by atoms with Crippen molar-refractivity contribution in [3.63, 3.8) is 0 Å². The summed E-state index contributed by atoms with van der Waals surface area (Å²) in [6, 6.07) is 0.553. The molecular weight excluding hydrogens is 238 g/mol. The van der Waals surface area contributed by atoms with Gasteiger partial charge in [0.05, 0.1) is 6.54 Å². The molecule has 0 aromatic rings. The van der Waals surface area contributed by atoms with Crippen LogP contribution in [0.3, 0.4) is 0 Å². The summed E-state index contributed by atoms with van der Waals surface area (Å²) < 4.78 is 0. The summed E-state index contributed by atoms with van der Waals surface area (Å²) in [7, 11) is 2.00. The molecule has 0 radical (unpaired) electrons. The van der Waals surface area contributed by atoms with Crippen molar-refractivity contribution in [3.05, 3.63) is 11.8 Å². The van der Waals surface area contributed by atoms with Gasteiger partial charge in [0.25, 0.3) is 0 Å². The highest BCUT2D eigenvalue weighted by Crippen LogP contribution is 2.21. The third-order valence-corrected chi connectivity index (χ3v) is 4.27. The summed E-state index contributed by atoms with van der Waals surface area (Å²) in [5.74, 6) is 0.271. The molecule has 1 aliphatic carbocycles. The lowest BCUT2D eigenvalue weighted by molar-refractivity contribution is -0.130. The van der Waals surface area contributed by atoms with E-state index in [1.165, 1.54) is 18.5 Å². The highest BCUT2D eigenvalue weighted by Gasteiger charge is 2.25. The maximum atomic E-state index is 12.4. The first-order valence-electron chi connectivity index (χ1n) is 7.63. The van der Waals surface area contributed by atoms with E-state index in [2.05, 4.69) is 23.2 Å². The Balaban J connectivity index is 1.88. The zero-order valence-electron chi connectivity index (χ0n) is 12.3. The molecule has 108 valence electrons. The average molecular weight is 265 g/mol. The number of likely N-dealkylation sites (N-methyl/N-ethyl adjacent to an activating group) is 2. The molecule has 0 saturated carbocycles. The molecule has 0 aromatic heterocycles. The number of hydrogen-bond acceptors (Lipinski definition) is 3. The number of amides is 1. The van der Waals surface area contributed by atoms with Crippen LogP contribution in [0.5, 0.6) is 0 Å². The Bertz CT molecular complexity index is 340. The number of nitrogens with zero attached hydrogens (tertiary/aromatic N) is 2. The molecule has 1 heterocycles. The van der Waals surface area contributed by atoms with E-state index in [-0.39, 0.29) is 5.91 Å². The van der Waals surface area contributed by atoms with Gasteiger partial charge in [0.2, 0.25) is 5.91 Å². The smallest absolute Gasteiger partial charge is 0.240 e. The van der Waals surface area contributed by atoms with Gasteiger partial charge in [-0.05, 0) is 46.1 Å². The Morgan fingerprint density at radius 2 is 2.37 bits per heavy atom. The van der Waals surface area contributed by atoms with Crippen LogP contribution in [0, 0.1) is 0 Å². The van der Waals surface area contributed by atoms with Crippen LogP contribution in [0.25, 0.3) is 0 Å². The molecule has 4 nitrogen and oxygen atoms in total. The predicted octanol–water partition coefficient (Wildman–Crippen LogP) is 1.59. The van der Waals surface area contributed by atoms with E-state index in [0.717, 1.165) is 38.9 Å². The molecule has 19 heavy (non-hydrogen) atoms. The number of rotatable bonds is 5. The van der Waals surface area contributed by atoms with Crippen LogP contribution < -0.4 is 5.32 Å². The number of carbonyl (C=O) groups excluding carboxylic acids is 1. The van der Waals surface area contributed by atoms with Crippen molar-refractivity contribution in [3.8, 4) is 0 Å². The van der Waals surface area contributed by atoms with Gasteiger partial charge >= 0.3 is 0 Å². The second-order valence-electron chi connectivity index (χ2n) is 5.59. The van der Waals surface area contributed by atoms with Crippen molar-refractivity contribution >= 4 is 5.91 Å². The average Bonchev–Trinajstić information content (AvgIpc) is 2.88. The molecule has 2 aliphatic rings. The molecule has 0 bridgehead atoms. The number of nitrogens with one attached hydrogen (secondary N) is 1. The first kappa shape index (κ1) is 14.5. The van der Waals surface area contributed by atoms with E-state index in [1.807, 2.05) is 11.9 Å². The lowest BCUT2D eigenvalue weighted by Gasteiger charge is -2.28. The number of carbonyl (C=O) groups is 1. The van der Waals surface area contributed by atoms with E-state index >= 15 is 0 Å². The minimum atomic E-state index is 0.271. The Labute approximate surface area is 116 Å². The van der Waals surface area contributed by atoms with Crippen molar-refractivity contribution in [1.82, 2.24) is 15.1 Å². The summed E-state index contributed by atoms with van der Waals surface area (Å²) in [5.41, 5.74) is 1.25. The molecule has 1 atom stereocenters.